The van der Waals surface area contributed by atoms with E-state index in [9.17, 15) is 18.0 Å². The molecule has 166 valence electrons. The third-order valence-corrected chi connectivity index (χ3v) is 7.27. The number of likely N-dealkylation sites (tertiary alicyclic amines) is 1. The van der Waals surface area contributed by atoms with Gasteiger partial charge in [0.1, 0.15) is 0 Å². The van der Waals surface area contributed by atoms with E-state index in [1.807, 2.05) is 0 Å². The van der Waals surface area contributed by atoms with Gasteiger partial charge in [-0.05, 0) is 55.7 Å². The van der Waals surface area contributed by atoms with E-state index in [4.69, 9.17) is 0 Å². The molecule has 0 aromatic heterocycles. The van der Waals surface area contributed by atoms with Crippen molar-refractivity contribution in [3.63, 3.8) is 0 Å². The highest BCUT2D eigenvalue weighted by Gasteiger charge is 2.58. The van der Waals surface area contributed by atoms with Crippen LogP contribution in [-0.2, 0) is 11.0 Å². The molecule has 30 heavy (non-hydrogen) atoms. The highest BCUT2D eigenvalue weighted by atomic mass is 19.4. The third kappa shape index (κ3) is 4.99. The van der Waals surface area contributed by atoms with Crippen LogP contribution in [0, 0.1) is 17.8 Å². The first-order chi connectivity index (χ1) is 14.3. The van der Waals surface area contributed by atoms with Gasteiger partial charge in [-0.2, -0.15) is 13.2 Å². The van der Waals surface area contributed by atoms with Crippen molar-refractivity contribution in [1.29, 1.82) is 0 Å². The van der Waals surface area contributed by atoms with Crippen molar-refractivity contribution >= 4 is 11.6 Å². The van der Waals surface area contributed by atoms with Crippen LogP contribution in [0.15, 0.2) is 24.3 Å². The summed E-state index contributed by atoms with van der Waals surface area (Å²) in [5.74, 6) is 1.74. The third-order valence-electron chi connectivity index (χ3n) is 7.27. The summed E-state index contributed by atoms with van der Waals surface area (Å²) < 4.78 is 38.4. The van der Waals surface area contributed by atoms with E-state index < -0.39 is 11.7 Å². The first kappa shape index (κ1) is 21.6. The van der Waals surface area contributed by atoms with Gasteiger partial charge in [0.2, 0.25) is 5.91 Å². The van der Waals surface area contributed by atoms with Crippen LogP contribution >= 0.6 is 0 Å². The molecule has 0 radical (unpaired) electrons. The zero-order chi connectivity index (χ0) is 21.3. The van der Waals surface area contributed by atoms with Gasteiger partial charge in [0.25, 0.3) is 0 Å². The molecule has 4 nitrogen and oxygen atoms in total. The minimum absolute atomic E-state index is 0.111. The summed E-state index contributed by atoms with van der Waals surface area (Å²) in [7, 11) is 0. The molecule has 1 aromatic rings. The molecule has 0 bridgehead atoms. The molecule has 0 spiro atoms. The number of fused-ring (bicyclic) bond motifs is 1. The number of carbonyl (C=O) groups is 1. The van der Waals surface area contributed by atoms with Gasteiger partial charge >= 0.3 is 6.18 Å². The maximum Gasteiger partial charge on any atom is 0.416 e. The summed E-state index contributed by atoms with van der Waals surface area (Å²) >= 11 is 0. The van der Waals surface area contributed by atoms with E-state index in [0.717, 1.165) is 30.0 Å². The minimum atomic E-state index is -4.41. The van der Waals surface area contributed by atoms with Crippen LogP contribution in [0.5, 0.6) is 0 Å². The average molecular weight is 424 g/mol. The fourth-order valence-corrected chi connectivity index (χ4v) is 5.64. The minimum Gasteiger partial charge on any atom is -0.325 e. The molecule has 2 saturated carbocycles. The van der Waals surface area contributed by atoms with Gasteiger partial charge in [-0.15, -0.1) is 0 Å². The highest BCUT2D eigenvalue weighted by molar-refractivity contribution is 5.92. The molecule has 1 amide bonds. The second-order valence-electron chi connectivity index (χ2n) is 9.30. The molecule has 2 aliphatic carbocycles. The Morgan fingerprint density at radius 3 is 2.43 bits per heavy atom. The maximum atomic E-state index is 12.8. The second kappa shape index (κ2) is 8.87. The number of rotatable bonds is 6. The molecule has 2 N–H and O–H groups in total. The number of piperidine rings is 1. The number of amides is 1. The smallest absolute Gasteiger partial charge is 0.325 e. The van der Waals surface area contributed by atoms with Crippen molar-refractivity contribution in [2.45, 2.75) is 63.7 Å². The van der Waals surface area contributed by atoms with Crippen molar-refractivity contribution < 1.29 is 18.0 Å². The SMILES string of the molecule is CC(NCC(=O)Nc1cccc(C(F)(F)F)c1)C1[C@H]2CN(C3CCCCCC3)C[C@@H]12. The molecule has 2 unspecified atom stereocenters. The Morgan fingerprint density at radius 2 is 1.80 bits per heavy atom. The largest absolute Gasteiger partial charge is 0.416 e. The Kier molecular flexibility index (Phi) is 6.39. The Bertz CT molecular complexity index is 733. The van der Waals surface area contributed by atoms with Crippen LogP contribution in [0.3, 0.4) is 0 Å². The Morgan fingerprint density at radius 1 is 1.13 bits per heavy atom. The fourth-order valence-electron chi connectivity index (χ4n) is 5.64. The summed E-state index contributed by atoms with van der Waals surface area (Å²) in [5.41, 5.74) is -0.586. The number of carbonyl (C=O) groups excluding carboxylic acids is 1. The molecule has 1 heterocycles. The van der Waals surface area contributed by atoms with Crippen molar-refractivity contribution in [2.75, 3.05) is 25.0 Å². The molecule has 4 atom stereocenters. The lowest BCUT2D eigenvalue weighted by atomic mass is 10.0. The lowest BCUT2D eigenvalue weighted by molar-refractivity contribution is -0.137. The van der Waals surface area contributed by atoms with Crippen molar-refractivity contribution in [2.24, 2.45) is 17.8 Å². The van der Waals surface area contributed by atoms with Gasteiger partial charge in [-0.3, -0.25) is 9.69 Å². The predicted octanol–water partition coefficient (Wildman–Crippen LogP) is 4.52. The molecule has 3 fully saturated rings. The molecule has 7 heteroatoms. The molecule has 4 rings (SSSR count). The van der Waals surface area contributed by atoms with Crippen LogP contribution in [0.25, 0.3) is 0 Å². The van der Waals surface area contributed by atoms with Gasteiger partial charge in [0.05, 0.1) is 12.1 Å². The van der Waals surface area contributed by atoms with Crippen molar-refractivity contribution in [3.05, 3.63) is 29.8 Å². The number of hydrogen-bond donors (Lipinski definition) is 2. The molecular weight excluding hydrogens is 391 g/mol. The number of nitrogens with one attached hydrogen (secondary N) is 2. The summed E-state index contributed by atoms with van der Waals surface area (Å²) in [4.78, 5) is 14.9. The highest BCUT2D eigenvalue weighted by Crippen LogP contribution is 2.54. The van der Waals surface area contributed by atoms with Gasteiger partial charge in [-0.1, -0.05) is 31.7 Å². The predicted molar refractivity (Wildman–Crippen MR) is 111 cm³/mol. The summed E-state index contributed by atoms with van der Waals surface area (Å²) in [6.07, 6.45) is 3.74. The quantitative estimate of drug-likeness (QED) is 0.661. The van der Waals surface area contributed by atoms with E-state index in [0.29, 0.717) is 5.92 Å². The lowest BCUT2D eigenvalue weighted by Gasteiger charge is -2.30. The summed E-state index contributed by atoms with van der Waals surface area (Å²) in [6.45, 7) is 4.60. The number of hydrogen-bond acceptors (Lipinski definition) is 3. The second-order valence-corrected chi connectivity index (χ2v) is 9.30. The Balaban J connectivity index is 1.20. The number of anilines is 1. The lowest BCUT2D eigenvalue weighted by Crippen LogP contribution is -2.40. The van der Waals surface area contributed by atoms with Crippen LogP contribution in [0.4, 0.5) is 18.9 Å². The van der Waals surface area contributed by atoms with Crippen LogP contribution in [0.1, 0.15) is 51.0 Å². The average Bonchev–Trinajstić information content (AvgIpc) is 3.33. The normalized spacial score (nSPS) is 28.6. The van der Waals surface area contributed by atoms with Crippen molar-refractivity contribution in [1.82, 2.24) is 10.2 Å². The fraction of sp³-hybridized carbons (Fsp3) is 0.696. The Labute approximate surface area is 176 Å². The zero-order valence-corrected chi connectivity index (χ0v) is 17.5. The summed E-state index contributed by atoms with van der Waals surface area (Å²) in [5, 5.41) is 5.86. The molecule has 1 aliphatic heterocycles. The first-order valence-electron chi connectivity index (χ1n) is 11.3. The topological polar surface area (TPSA) is 44.4 Å². The number of nitrogens with zero attached hydrogens (tertiary/aromatic N) is 1. The van der Waals surface area contributed by atoms with E-state index in [1.54, 1.807) is 0 Å². The van der Waals surface area contributed by atoms with Crippen LogP contribution in [-0.4, -0.2) is 42.5 Å². The maximum absolute atomic E-state index is 12.8. The number of benzene rings is 1. The van der Waals surface area contributed by atoms with Gasteiger partial charge in [0.15, 0.2) is 0 Å². The van der Waals surface area contributed by atoms with Crippen LogP contribution in [0.2, 0.25) is 0 Å². The Hall–Kier alpha value is -1.60. The first-order valence-corrected chi connectivity index (χ1v) is 11.3. The van der Waals surface area contributed by atoms with E-state index >= 15 is 0 Å². The van der Waals surface area contributed by atoms with E-state index in [1.165, 1.54) is 63.7 Å². The van der Waals surface area contributed by atoms with Gasteiger partial charge in [0, 0.05) is 30.9 Å². The van der Waals surface area contributed by atoms with E-state index in [2.05, 4.69) is 22.5 Å². The molecule has 1 saturated heterocycles. The van der Waals surface area contributed by atoms with Gasteiger partial charge < -0.3 is 10.6 Å². The van der Waals surface area contributed by atoms with Crippen LogP contribution < -0.4 is 10.6 Å². The molecular formula is C23H32F3N3O. The molecule has 3 aliphatic rings. The zero-order valence-electron chi connectivity index (χ0n) is 17.5. The standard InChI is InChI=1S/C23H32F3N3O/c1-15(22-19-13-29(14-20(19)22)18-9-4-2-3-5-10-18)27-12-21(30)28-17-8-6-7-16(11-17)23(24,25)26/h6-8,11,15,18-20,22,27H,2-5,9-10,12-14H2,1H3,(H,28,30)/t15?,19-,20+,22?. The number of alkyl halides is 3. The van der Waals surface area contributed by atoms with E-state index in [-0.39, 0.29) is 24.2 Å². The van der Waals surface area contributed by atoms with Gasteiger partial charge in [-0.25, -0.2) is 0 Å². The summed E-state index contributed by atoms with van der Waals surface area (Å²) in [6, 6.07) is 5.75. The number of halogens is 3. The monoisotopic (exact) mass is 423 g/mol. The molecule has 1 aromatic carbocycles. The van der Waals surface area contributed by atoms with Crippen molar-refractivity contribution in [3.8, 4) is 0 Å².